The number of nitrogens with one attached hydrogen (secondary N) is 2. The van der Waals surface area contributed by atoms with Crippen LogP contribution in [0.25, 0.3) is 11.3 Å². The molecule has 1 amide bonds. The van der Waals surface area contributed by atoms with Crippen LogP contribution in [0.2, 0.25) is 0 Å². The van der Waals surface area contributed by atoms with Crippen LogP contribution in [0.4, 0.5) is 0 Å². The van der Waals surface area contributed by atoms with E-state index in [1.165, 1.54) is 13.0 Å². The van der Waals surface area contributed by atoms with Gasteiger partial charge in [-0.2, -0.15) is 5.26 Å². The Morgan fingerprint density at radius 3 is 2.42 bits per heavy atom. The molecule has 8 heteroatoms. The van der Waals surface area contributed by atoms with Crippen LogP contribution in [0.15, 0.2) is 54.3 Å². The van der Waals surface area contributed by atoms with Crippen molar-refractivity contribution in [3.63, 3.8) is 0 Å². The first-order valence-electron chi connectivity index (χ1n) is 13.0. The lowest BCUT2D eigenvalue weighted by Gasteiger charge is -2.46. The van der Waals surface area contributed by atoms with Crippen molar-refractivity contribution in [2.75, 3.05) is 6.61 Å². The minimum absolute atomic E-state index is 0.118. The second-order valence-electron chi connectivity index (χ2n) is 10.9. The van der Waals surface area contributed by atoms with Crippen LogP contribution < -0.4 is 5.32 Å². The molecule has 1 aromatic heterocycles. The number of benzene rings is 1. The third-order valence-electron chi connectivity index (χ3n) is 6.30. The van der Waals surface area contributed by atoms with Gasteiger partial charge in [0.15, 0.2) is 11.1 Å². The molecule has 2 atom stereocenters. The smallest absolute Gasteiger partial charge is 0.337 e. The predicted molar refractivity (Wildman–Crippen MR) is 146 cm³/mol. The van der Waals surface area contributed by atoms with E-state index in [-0.39, 0.29) is 23.7 Å². The standard InChI is InChI=1S/C30H38N4O4/c1-8-9-16-37-26(36)23-14-15-30(38-20(2)3,29(17-23,19-31)34-21(4)35)24-12-10-22(11-13-24)25-18-32-27(33-25)28(5,6)7/h10-15,17-18,20H,8-9,16H2,1-7H3,(H,32,33)(H,34,35)/t29-,30?/m0/s1. The van der Waals surface area contributed by atoms with E-state index in [1.54, 1.807) is 18.3 Å². The molecule has 0 bridgehead atoms. The van der Waals surface area contributed by atoms with Crippen LogP contribution in [-0.4, -0.2) is 40.1 Å². The lowest BCUT2D eigenvalue weighted by molar-refractivity contribution is -0.139. The van der Waals surface area contributed by atoms with Gasteiger partial charge in [-0.25, -0.2) is 9.78 Å². The van der Waals surface area contributed by atoms with Crippen molar-refractivity contribution < 1.29 is 19.1 Å². The summed E-state index contributed by atoms with van der Waals surface area (Å²) in [5.74, 6) is -0.108. The minimum atomic E-state index is -1.70. The van der Waals surface area contributed by atoms with E-state index < -0.39 is 23.0 Å². The van der Waals surface area contributed by atoms with E-state index >= 15 is 0 Å². The summed E-state index contributed by atoms with van der Waals surface area (Å²) in [5.41, 5.74) is -0.620. The number of nitrogens with zero attached hydrogens (tertiary/aromatic N) is 2. The second kappa shape index (κ2) is 11.4. The summed E-state index contributed by atoms with van der Waals surface area (Å²) in [7, 11) is 0. The highest BCUT2D eigenvalue weighted by Gasteiger charge is 2.55. The summed E-state index contributed by atoms with van der Waals surface area (Å²) in [4.78, 5) is 33.1. The molecule has 2 N–H and O–H groups in total. The molecule has 0 radical (unpaired) electrons. The fourth-order valence-electron chi connectivity index (χ4n) is 4.44. The van der Waals surface area contributed by atoms with E-state index in [4.69, 9.17) is 9.47 Å². The quantitative estimate of drug-likeness (QED) is 0.347. The van der Waals surface area contributed by atoms with Crippen molar-refractivity contribution in [2.45, 2.75) is 84.0 Å². The second-order valence-corrected chi connectivity index (χ2v) is 10.9. The zero-order chi connectivity index (χ0) is 28.1. The summed E-state index contributed by atoms with van der Waals surface area (Å²) in [6.45, 7) is 13.6. The Kier molecular flexibility index (Phi) is 8.63. The minimum Gasteiger partial charge on any atom is -0.462 e. The van der Waals surface area contributed by atoms with Gasteiger partial charge in [0.1, 0.15) is 5.82 Å². The molecule has 38 heavy (non-hydrogen) atoms. The highest BCUT2D eigenvalue weighted by molar-refractivity contribution is 5.93. The first kappa shape index (κ1) is 28.9. The number of nitriles is 1. The zero-order valence-corrected chi connectivity index (χ0v) is 23.3. The molecule has 8 nitrogen and oxygen atoms in total. The number of aromatic nitrogens is 2. The molecule has 0 fully saturated rings. The Balaban J connectivity index is 2.10. The number of imidazole rings is 1. The van der Waals surface area contributed by atoms with Gasteiger partial charge < -0.3 is 19.8 Å². The molecular weight excluding hydrogens is 480 g/mol. The molecule has 0 saturated heterocycles. The monoisotopic (exact) mass is 518 g/mol. The molecule has 2 aromatic rings. The number of hydrogen-bond donors (Lipinski definition) is 2. The third-order valence-corrected chi connectivity index (χ3v) is 6.30. The van der Waals surface area contributed by atoms with Gasteiger partial charge in [-0.3, -0.25) is 4.79 Å². The molecule has 1 unspecified atom stereocenters. The van der Waals surface area contributed by atoms with Crippen molar-refractivity contribution in [1.82, 2.24) is 15.3 Å². The number of carbonyl (C=O) groups is 2. The van der Waals surface area contributed by atoms with Gasteiger partial charge in [0.2, 0.25) is 5.91 Å². The number of carbonyl (C=O) groups excluding carboxylic acids is 2. The van der Waals surface area contributed by atoms with Crippen LogP contribution in [0.5, 0.6) is 0 Å². The van der Waals surface area contributed by atoms with Crippen molar-refractivity contribution in [3.8, 4) is 17.3 Å². The molecule has 0 saturated carbocycles. The average molecular weight is 519 g/mol. The van der Waals surface area contributed by atoms with Crippen molar-refractivity contribution in [3.05, 3.63) is 65.7 Å². The predicted octanol–water partition coefficient (Wildman–Crippen LogP) is 5.23. The van der Waals surface area contributed by atoms with Gasteiger partial charge in [0.05, 0.1) is 36.2 Å². The SMILES string of the molecule is CCCCOC(=O)C1=C[C@@](C#N)(NC(C)=O)C(OC(C)C)(c2ccc(-c3cnc(C(C)(C)C)[nH]3)cc2)C=C1. The average Bonchev–Trinajstić information content (AvgIpc) is 3.36. The maximum atomic E-state index is 12.8. The molecule has 0 aliphatic heterocycles. The number of amides is 1. The summed E-state index contributed by atoms with van der Waals surface area (Å²) in [6.07, 6.45) is 7.83. The van der Waals surface area contributed by atoms with Gasteiger partial charge >= 0.3 is 5.97 Å². The molecular formula is C30H38N4O4. The summed E-state index contributed by atoms with van der Waals surface area (Å²) < 4.78 is 11.8. The fourth-order valence-corrected chi connectivity index (χ4v) is 4.44. The molecule has 0 spiro atoms. The number of aromatic amines is 1. The van der Waals surface area contributed by atoms with E-state index in [0.29, 0.717) is 5.56 Å². The lowest BCUT2D eigenvalue weighted by Crippen LogP contribution is -2.62. The Bertz CT molecular complexity index is 1260. The Labute approximate surface area is 225 Å². The van der Waals surface area contributed by atoms with Gasteiger partial charge in [-0.1, -0.05) is 58.4 Å². The lowest BCUT2D eigenvalue weighted by atomic mass is 9.70. The fraction of sp³-hybridized carbons (Fsp3) is 0.467. The van der Waals surface area contributed by atoms with Crippen molar-refractivity contribution in [2.24, 2.45) is 0 Å². The Hall–Kier alpha value is -3.70. The summed E-state index contributed by atoms with van der Waals surface area (Å²) in [6, 6.07) is 9.83. The van der Waals surface area contributed by atoms with Gasteiger partial charge in [0, 0.05) is 12.3 Å². The van der Waals surface area contributed by atoms with E-state index in [9.17, 15) is 14.9 Å². The largest absolute Gasteiger partial charge is 0.462 e. The van der Waals surface area contributed by atoms with Gasteiger partial charge in [-0.15, -0.1) is 0 Å². The maximum Gasteiger partial charge on any atom is 0.337 e. The molecule has 1 heterocycles. The van der Waals surface area contributed by atoms with Crippen LogP contribution in [-0.2, 0) is 30.1 Å². The number of ether oxygens (including phenoxy) is 2. The number of rotatable bonds is 9. The number of hydrogen-bond acceptors (Lipinski definition) is 6. The Morgan fingerprint density at radius 2 is 1.89 bits per heavy atom. The van der Waals surface area contributed by atoms with Crippen molar-refractivity contribution >= 4 is 11.9 Å². The summed E-state index contributed by atoms with van der Waals surface area (Å²) in [5, 5.41) is 13.3. The topological polar surface area (TPSA) is 117 Å². The molecule has 202 valence electrons. The Morgan fingerprint density at radius 1 is 1.21 bits per heavy atom. The van der Waals surface area contributed by atoms with Crippen LogP contribution in [0, 0.1) is 11.3 Å². The van der Waals surface area contributed by atoms with Gasteiger partial charge in [-0.05, 0) is 49.6 Å². The van der Waals surface area contributed by atoms with E-state index in [2.05, 4.69) is 42.1 Å². The van der Waals surface area contributed by atoms with Crippen LogP contribution >= 0.6 is 0 Å². The van der Waals surface area contributed by atoms with Gasteiger partial charge in [0.25, 0.3) is 0 Å². The number of H-pyrrole nitrogens is 1. The first-order valence-corrected chi connectivity index (χ1v) is 13.0. The highest BCUT2D eigenvalue weighted by Crippen LogP contribution is 2.44. The maximum absolute atomic E-state index is 12.8. The third kappa shape index (κ3) is 5.89. The van der Waals surface area contributed by atoms with E-state index in [0.717, 1.165) is 29.9 Å². The number of esters is 1. The first-order chi connectivity index (χ1) is 17.9. The van der Waals surface area contributed by atoms with Crippen molar-refractivity contribution in [1.29, 1.82) is 5.26 Å². The molecule has 1 aliphatic carbocycles. The zero-order valence-electron chi connectivity index (χ0n) is 23.3. The van der Waals surface area contributed by atoms with Crippen LogP contribution in [0.1, 0.15) is 72.7 Å². The highest BCUT2D eigenvalue weighted by atomic mass is 16.5. The van der Waals surface area contributed by atoms with Crippen LogP contribution in [0.3, 0.4) is 0 Å². The normalized spacial score (nSPS) is 21.1. The number of unbranched alkanes of at least 4 members (excludes halogenated alkanes) is 1. The summed E-state index contributed by atoms with van der Waals surface area (Å²) >= 11 is 0. The van der Waals surface area contributed by atoms with E-state index in [1.807, 2.05) is 45.0 Å². The molecule has 1 aliphatic rings. The molecule has 1 aromatic carbocycles. The molecule has 3 rings (SSSR count).